The average Bonchev–Trinajstić information content (AvgIpc) is 2.89. The zero-order chi connectivity index (χ0) is 13.5. The lowest BCUT2D eigenvalue weighted by Crippen LogP contribution is -1.86. The number of H-pyrrole nitrogens is 1. The summed E-state index contributed by atoms with van der Waals surface area (Å²) in [5, 5.41) is 0. The van der Waals surface area contributed by atoms with Crippen LogP contribution in [0.3, 0.4) is 0 Å². The molecule has 0 aliphatic rings. The monoisotopic (exact) mass is 243 g/mol. The van der Waals surface area contributed by atoms with E-state index in [0.29, 0.717) is 5.76 Å². The molecule has 0 saturated carbocycles. The molecular weight excluding hydrogens is 222 g/mol. The van der Waals surface area contributed by atoms with Gasteiger partial charge in [0.25, 0.3) is 0 Å². The number of nitrogens with one attached hydrogen (secondary N) is 1. The quantitative estimate of drug-likeness (QED) is 0.781. The minimum atomic E-state index is 0.678. The average molecular weight is 243 g/mol. The molecule has 0 bridgehead atoms. The first-order chi connectivity index (χ1) is 8.72. The number of aromatic amines is 1. The summed E-state index contributed by atoms with van der Waals surface area (Å²) in [6.45, 7) is 9.97. The zero-order valence-corrected chi connectivity index (χ0v) is 11.6. The molecule has 0 saturated heterocycles. The van der Waals surface area contributed by atoms with Gasteiger partial charge in [0, 0.05) is 23.5 Å². The van der Waals surface area contributed by atoms with Gasteiger partial charge < -0.3 is 9.72 Å². The summed E-state index contributed by atoms with van der Waals surface area (Å²) in [6, 6.07) is 8.37. The molecule has 0 spiro atoms. The molecule has 0 amide bonds. The number of benzene rings is 1. The zero-order valence-electron chi connectivity index (χ0n) is 11.6. The van der Waals surface area contributed by atoms with Crippen LogP contribution in [0.4, 0.5) is 0 Å². The third-order valence-electron chi connectivity index (χ3n) is 2.62. The standard InChI is InChI=1S/C14H15NO.C2H6/c1-10-5-4-6-12(7-10)14-9-15-8-13(14)11(2)16-3;1-2/h4-9,15H,2H2,1,3H3;1-2H3. The van der Waals surface area contributed by atoms with Gasteiger partial charge in [-0.3, -0.25) is 0 Å². The van der Waals surface area contributed by atoms with Crippen molar-refractivity contribution in [1.29, 1.82) is 0 Å². The van der Waals surface area contributed by atoms with Gasteiger partial charge in [0.15, 0.2) is 0 Å². The lowest BCUT2D eigenvalue weighted by Gasteiger charge is -2.06. The van der Waals surface area contributed by atoms with Crippen LogP contribution in [0.1, 0.15) is 25.0 Å². The third kappa shape index (κ3) is 3.04. The number of hydrogen-bond donors (Lipinski definition) is 1. The fourth-order valence-corrected chi connectivity index (χ4v) is 1.76. The van der Waals surface area contributed by atoms with E-state index in [1.165, 1.54) is 11.1 Å². The van der Waals surface area contributed by atoms with Gasteiger partial charge in [0.2, 0.25) is 0 Å². The highest BCUT2D eigenvalue weighted by Crippen LogP contribution is 2.28. The van der Waals surface area contributed by atoms with E-state index in [4.69, 9.17) is 4.74 Å². The largest absolute Gasteiger partial charge is 0.497 e. The second kappa shape index (κ2) is 6.70. The summed E-state index contributed by atoms with van der Waals surface area (Å²) < 4.78 is 5.17. The molecule has 1 aromatic heterocycles. The first-order valence-corrected chi connectivity index (χ1v) is 6.19. The van der Waals surface area contributed by atoms with Crippen molar-refractivity contribution in [3.05, 3.63) is 54.4 Å². The maximum Gasteiger partial charge on any atom is 0.121 e. The van der Waals surface area contributed by atoms with E-state index in [9.17, 15) is 0 Å². The van der Waals surface area contributed by atoms with Crippen LogP contribution in [0.25, 0.3) is 16.9 Å². The predicted molar refractivity (Wildman–Crippen MR) is 78.4 cm³/mol. The smallest absolute Gasteiger partial charge is 0.121 e. The second-order valence-electron chi connectivity index (χ2n) is 3.78. The van der Waals surface area contributed by atoms with E-state index in [0.717, 1.165) is 11.1 Å². The van der Waals surface area contributed by atoms with E-state index in [1.54, 1.807) is 7.11 Å². The molecule has 2 rings (SSSR count). The molecular formula is C16H21NO. The number of rotatable bonds is 3. The van der Waals surface area contributed by atoms with Crippen molar-refractivity contribution in [3.63, 3.8) is 0 Å². The number of aryl methyl sites for hydroxylation is 1. The van der Waals surface area contributed by atoms with E-state index in [1.807, 2.05) is 26.2 Å². The Morgan fingerprint density at radius 1 is 1.22 bits per heavy atom. The van der Waals surface area contributed by atoms with Crippen LogP contribution in [-0.4, -0.2) is 12.1 Å². The van der Waals surface area contributed by atoms with Crippen molar-refractivity contribution in [2.24, 2.45) is 0 Å². The summed E-state index contributed by atoms with van der Waals surface area (Å²) in [5.74, 6) is 0.678. The second-order valence-corrected chi connectivity index (χ2v) is 3.78. The topological polar surface area (TPSA) is 25.0 Å². The van der Waals surface area contributed by atoms with Crippen LogP contribution in [0.2, 0.25) is 0 Å². The minimum Gasteiger partial charge on any atom is -0.497 e. The lowest BCUT2D eigenvalue weighted by atomic mass is 10.0. The molecule has 0 aliphatic heterocycles. The predicted octanol–water partition coefficient (Wildman–Crippen LogP) is 4.63. The minimum absolute atomic E-state index is 0.678. The van der Waals surface area contributed by atoms with Crippen LogP contribution >= 0.6 is 0 Å². The highest BCUT2D eigenvalue weighted by atomic mass is 16.5. The number of hydrogen-bond acceptors (Lipinski definition) is 1. The molecule has 2 aromatic rings. The van der Waals surface area contributed by atoms with Gasteiger partial charge in [-0.15, -0.1) is 0 Å². The maximum absolute atomic E-state index is 5.17. The first kappa shape index (κ1) is 14.1. The van der Waals surface area contributed by atoms with Crippen LogP contribution in [0.15, 0.2) is 43.2 Å². The Balaban J connectivity index is 0.000000771. The van der Waals surface area contributed by atoms with Gasteiger partial charge in [0.05, 0.1) is 7.11 Å². The molecule has 2 heteroatoms. The molecule has 96 valence electrons. The van der Waals surface area contributed by atoms with Crippen molar-refractivity contribution in [1.82, 2.24) is 4.98 Å². The maximum atomic E-state index is 5.17. The van der Waals surface area contributed by atoms with Gasteiger partial charge >= 0.3 is 0 Å². The van der Waals surface area contributed by atoms with Gasteiger partial charge in [-0.2, -0.15) is 0 Å². The summed E-state index contributed by atoms with van der Waals surface area (Å²) in [5.41, 5.74) is 4.55. The molecule has 0 radical (unpaired) electrons. The molecule has 0 aliphatic carbocycles. The van der Waals surface area contributed by atoms with E-state index < -0.39 is 0 Å². The fraction of sp³-hybridized carbons (Fsp3) is 0.250. The Labute approximate surface area is 109 Å². The number of aromatic nitrogens is 1. The Bertz CT molecular complexity index is 511. The van der Waals surface area contributed by atoms with Crippen LogP contribution in [-0.2, 0) is 4.74 Å². The highest BCUT2D eigenvalue weighted by molar-refractivity contribution is 5.78. The molecule has 1 aromatic carbocycles. The molecule has 0 atom stereocenters. The molecule has 0 unspecified atom stereocenters. The van der Waals surface area contributed by atoms with Crippen molar-refractivity contribution < 1.29 is 4.74 Å². The fourth-order valence-electron chi connectivity index (χ4n) is 1.76. The summed E-state index contributed by atoms with van der Waals surface area (Å²) in [7, 11) is 1.63. The molecule has 0 fully saturated rings. The van der Waals surface area contributed by atoms with Gasteiger partial charge in [0.1, 0.15) is 5.76 Å². The SMILES string of the molecule is C=C(OC)c1c[nH]cc1-c1cccc(C)c1.CC. The van der Waals surface area contributed by atoms with Crippen molar-refractivity contribution in [2.45, 2.75) is 20.8 Å². The highest BCUT2D eigenvalue weighted by Gasteiger charge is 2.09. The molecule has 2 nitrogen and oxygen atoms in total. The summed E-state index contributed by atoms with van der Waals surface area (Å²) >= 11 is 0. The first-order valence-electron chi connectivity index (χ1n) is 6.19. The van der Waals surface area contributed by atoms with Crippen LogP contribution in [0, 0.1) is 6.92 Å². The molecule has 1 N–H and O–H groups in total. The molecule has 18 heavy (non-hydrogen) atoms. The van der Waals surface area contributed by atoms with E-state index in [-0.39, 0.29) is 0 Å². The summed E-state index contributed by atoms with van der Waals surface area (Å²) in [6.07, 6.45) is 3.87. The van der Waals surface area contributed by atoms with Gasteiger partial charge in [-0.05, 0) is 12.5 Å². The lowest BCUT2D eigenvalue weighted by molar-refractivity contribution is 0.371. The van der Waals surface area contributed by atoms with Crippen LogP contribution < -0.4 is 0 Å². The normalized spacial score (nSPS) is 9.33. The third-order valence-corrected chi connectivity index (χ3v) is 2.62. The Hall–Kier alpha value is -1.96. The van der Waals surface area contributed by atoms with Crippen molar-refractivity contribution in [3.8, 4) is 11.1 Å². The Kier molecular flexibility index (Phi) is 5.25. The summed E-state index contributed by atoms with van der Waals surface area (Å²) in [4.78, 5) is 3.09. The van der Waals surface area contributed by atoms with Gasteiger partial charge in [-0.25, -0.2) is 0 Å². The van der Waals surface area contributed by atoms with Gasteiger partial charge in [-0.1, -0.05) is 50.3 Å². The number of methoxy groups -OCH3 is 1. The van der Waals surface area contributed by atoms with Crippen molar-refractivity contribution in [2.75, 3.05) is 7.11 Å². The van der Waals surface area contributed by atoms with Crippen molar-refractivity contribution >= 4 is 5.76 Å². The number of ether oxygens (including phenoxy) is 1. The Morgan fingerprint density at radius 3 is 2.56 bits per heavy atom. The van der Waals surface area contributed by atoms with E-state index in [2.05, 4.69) is 42.8 Å². The van der Waals surface area contributed by atoms with E-state index >= 15 is 0 Å². The Morgan fingerprint density at radius 2 is 1.94 bits per heavy atom. The molecule has 1 heterocycles. The van der Waals surface area contributed by atoms with Crippen LogP contribution in [0.5, 0.6) is 0 Å².